The predicted molar refractivity (Wildman–Crippen MR) is 209 cm³/mol. The Morgan fingerprint density at radius 2 is 1.29 bits per heavy atom. The fourth-order valence-corrected chi connectivity index (χ4v) is 4.12. The molecule has 1 aromatic rings. The molecule has 45 heavy (non-hydrogen) atoms. The molecule has 0 unspecified atom stereocenters. The van der Waals surface area contributed by atoms with Gasteiger partial charge in [0, 0.05) is 25.4 Å². The standard InChI is InChI=1S/C8H5NO2.C7H13NO.2C6H12.C5H9Br.CH3F.CHIS.CH4.K/c10-7-5-3-1-2-4-6(5)8(11)9-7;1-4-5-6(9)8-7(5,2)3;2*1-4-5-6(2)3;1-5(2)3-4-6;1-2;2-1-3;;/h1-4H,(H,9,10,11);5H,4H2,1-3H3,(H,8,9);2*5H,4H2,1-3H3;3H,4H2,1-2H3;1H3;1H;1H4;/q;;;;;;;;+1/p-1/t;5-;;;;;;;/m.0......./s1/i;;;;;1D;;;. The molecule has 10 heteroatoms. The van der Waals surface area contributed by atoms with Crippen LogP contribution in [0, 0.1) is 5.92 Å². The van der Waals surface area contributed by atoms with Crippen molar-refractivity contribution in [3.63, 3.8) is 0 Å². The number of hydrogen-bond donors (Lipinski definition) is 1. The molecule has 2 aliphatic rings. The summed E-state index contributed by atoms with van der Waals surface area (Å²) in [5.41, 5.74) is 5.09. The second kappa shape index (κ2) is 36.7. The number of carbonyl (C=O) groups excluding carboxylic acids is 3. The first kappa shape index (κ1) is 54.4. The van der Waals surface area contributed by atoms with Crippen LogP contribution in [0.3, 0.4) is 0 Å². The van der Waals surface area contributed by atoms with E-state index in [4.69, 9.17) is 1.37 Å². The normalized spacial score (nSPS) is 13.6. The molecule has 1 aromatic carbocycles. The van der Waals surface area contributed by atoms with Gasteiger partial charge in [-0.1, -0.05) is 116 Å². The van der Waals surface area contributed by atoms with Crippen LogP contribution in [0.2, 0.25) is 0 Å². The Labute approximate surface area is 347 Å². The largest absolute Gasteiger partial charge is 1.00 e. The third kappa shape index (κ3) is 32.2. The summed E-state index contributed by atoms with van der Waals surface area (Å²) in [6.07, 6.45) is 9.84. The van der Waals surface area contributed by atoms with Gasteiger partial charge in [-0.05, 0) is 97.2 Å². The van der Waals surface area contributed by atoms with Crippen molar-refractivity contribution in [1.29, 1.82) is 0 Å². The number of alkyl halides is 2. The molecular weight excluding hydrogens is 793 g/mol. The molecule has 1 saturated heterocycles. The fraction of sp³-hybridized carbons (Fsp3) is 0.543. The van der Waals surface area contributed by atoms with Gasteiger partial charge in [-0.25, -0.2) is 0 Å². The van der Waals surface area contributed by atoms with E-state index in [2.05, 4.69) is 126 Å². The molecule has 1 fully saturated rings. The van der Waals surface area contributed by atoms with Crippen LogP contribution >= 0.6 is 50.7 Å². The van der Waals surface area contributed by atoms with Crippen molar-refractivity contribution in [2.45, 2.75) is 108 Å². The van der Waals surface area contributed by atoms with E-state index < -0.39 is 19.0 Å². The van der Waals surface area contributed by atoms with Gasteiger partial charge >= 0.3 is 51.4 Å². The fourth-order valence-electron chi connectivity index (χ4n) is 3.48. The topological polar surface area (TPSA) is 77.3 Å². The van der Waals surface area contributed by atoms with E-state index in [1.165, 1.54) is 29.6 Å². The maximum atomic E-state index is 10.9. The van der Waals surface area contributed by atoms with Gasteiger partial charge in [0.25, 0.3) is 0 Å². The van der Waals surface area contributed by atoms with Crippen LogP contribution in [0.1, 0.15) is 125 Å². The number of amides is 3. The zero-order chi connectivity index (χ0) is 35.3. The van der Waals surface area contributed by atoms with Gasteiger partial charge in [0.2, 0.25) is 5.91 Å². The Kier molecular flexibility index (Phi) is 44.4. The van der Waals surface area contributed by atoms with Crippen molar-refractivity contribution in [3.05, 3.63) is 75.7 Å². The van der Waals surface area contributed by atoms with Gasteiger partial charge < -0.3 is 20.2 Å². The quantitative estimate of drug-likeness (QED) is 0.0480. The zero-order valence-corrected chi connectivity index (χ0v) is 36.6. The molecule has 1 N–H and O–H groups in total. The molecule has 0 aromatic heterocycles. The van der Waals surface area contributed by atoms with E-state index >= 15 is 0 Å². The number of halogens is 3. The van der Waals surface area contributed by atoms with Crippen molar-refractivity contribution in [3.8, 4) is 0 Å². The van der Waals surface area contributed by atoms with Gasteiger partial charge in [0.05, 0.1) is 26.3 Å². The van der Waals surface area contributed by atoms with Gasteiger partial charge in [0.15, 0.2) is 0 Å². The molecule has 0 saturated carbocycles. The van der Waals surface area contributed by atoms with E-state index in [0.717, 1.165) is 11.8 Å². The van der Waals surface area contributed by atoms with Gasteiger partial charge in [-0.15, -0.1) is 0 Å². The molecular formula is C35H58BrFIKN2O3S. The number of β-lactam (4-membered cyclic amide) rings is 1. The number of benzene rings is 1. The molecule has 0 bridgehead atoms. The number of thiocarbonyl (C=S) groups is 1. The molecule has 0 aliphatic carbocycles. The first-order valence-corrected chi connectivity index (χ1v) is 16.9. The number of nitrogens with one attached hydrogen (secondary N) is 1. The van der Waals surface area contributed by atoms with Gasteiger partial charge in [0.1, 0.15) is 0 Å². The number of nitrogens with zero attached hydrogens (tertiary/aromatic N) is 1. The summed E-state index contributed by atoms with van der Waals surface area (Å²) in [7, 11) is -1.00. The van der Waals surface area contributed by atoms with Crippen molar-refractivity contribution < 1.29 is 71.5 Å². The number of fused-ring (bicyclic) bond motifs is 1. The van der Waals surface area contributed by atoms with Crippen molar-refractivity contribution >= 4 is 71.8 Å². The van der Waals surface area contributed by atoms with Gasteiger partial charge in [-0.3, -0.25) is 9.18 Å². The van der Waals surface area contributed by atoms with Crippen molar-refractivity contribution in [2.75, 3.05) is 12.5 Å². The van der Waals surface area contributed by atoms with Crippen LogP contribution in [0.4, 0.5) is 4.39 Å². The number of hydrogen-bond acceptors (Lipinski definition) is 4. The minimum Gasteiger partial charge on any atom is -0.587 e. The molecule has 3 amide bonds. The number of allylic oxidation sites excluding steroid dienone is 6. The summed E-state index contributed by atoms with van der Waals surface area (Å²) in [6, 6.07) is 6.63. The van der Waals surface area contributed by atoms with Crippen LogP contribution in [-0.4, -0.2) is 39.1 Å². The second-order valence-electron chi connectivity index (χ2n) is 10.3. The molecule has 2 aliphatic heterocycles. The third-order valence-electron chi connectivity index (χ3n) is 5.34. The summed E-state index contributed by atoms with van der Waals surface area (Å²) in [4.78, 5) is 32.5. The molecule has 1 atom stereocenters. The first-order valence-electron chi connectivity index (χ1n) is 14.8. The minimum absolute atomic E-state index is 0. The maximum absolute atomic E-state index is 10.9. The number of rotatable bonds is 4. The van der Waals surface area contributed by atoms with E-state index in [0.29, 0.717) is 11.1 Å². The Morgan fingerprint density at radius 3 is 1.42 bits per heavy atom. The molecule has 0 spiro atoms. The van der Waals surface area contributed by atoms with Crippen LogP contribution < -0.4 is 56.7 Å². The molecule has 3 rings (SSSR count). The van der Waals surface area contributed by atoms with Crippen molar-refractivity contribution in [2.24, 2.45) is 5.92 Å². The average molecular weight is 853 g/mol. The van der Waals surface area contributed by atoms with Crippen LogP contribution in [0.25, 0.3) is 5.32 Å². The Balaban J connectivity index is -0.000000105. The smallest absolute Gasteiger partial charge is 0.587 e. The van der Waals surface area contributed by atoms with Gasteiger partial charge in [-0.2, -0.15) is 0 Å². The predicted octanol–water partition coefficient (Wildman–Crippen LogP) is 8.95. The molecule has 5 nitrogen and oxygen atoms in total. The van der Waals surface area contributed by atoms with E-state index in [1.54, 1.807) is 27.6 Å². The zero-order valence-electron chi connectivity index (χ0n) is 29.9. The monoisotopic (exact) mass is 851 g/mol. The number of carbonyl (C=O) groups is 3. The Morgan fingerprint density at radius 1 is 0.956 bits per heavy atom. The average Bonchev–Trinajstić information content (AvgIpc) is 3.19. The van der Waals surface area contributed by atoms with Crippen molar-refractivity contribution in [1.82, 2.24) is 5.32 Å². The Bertz CT molecular complexity index is 982. The first-order chi connectivity index (χ1) is 20.5. The van der Waals surface area contributed by atoms with E-state index in [9.17, 15) is 18.8 Å². The maximum Gasteiger partial charge on any atom is 1.00 e. The Hall–Kier alpha value is -0.0836. The second-order valence-corrected chi connectivity index (χ2v) is 12.7. The number of imide groups is 1. The molecule has 0 radical (unpaired) electrons. The van der Waals surface area contributed by atoms with Crippen LogP contribution in [0.15, 0.2) is 59.2 Å². The van der Waals surface area contributed by atoms with E-state index in [1.807, 2.05) is 29.5 Å². The SMILES string of the molecule is C.CC(C)=CCBr.CCC=C(C)C.CCC=C(C)C.CC[C@H]1C(=O)NC1(C)C.O=C1[N-]C(=O)c2ccccc21.S=CI.[2H]CF.[K+]. The molecule has 2 heterocycles. The summed E-state index contributed by atoms with van der Waals surface area (Å²) in [6.45, 7) is 23.1. The summed E-state index contributed by atoms with van der Waals surface area (Å²) in [5.74, 6) is -0.392. The van der Waals surface area contributed by atoms with Crippen LogP contribution in [0.5, 0.6) is 0 Å². The van der Waals surface area contributed by atoms with Crippen LogP contribution in [-0.2, 0) is 4.79 Å². The third-order valence-corrected chi connectivity index (χ3v) is 5.67. The minimum atomic E-state index is -1.00. The molecule has 254 valence electrons. The summed E-state index contributed by atoms with van der Waals surface area (Å²) >= 11 is 9.51. The summed E-state index contributed by atoms with van der Waals surface area (Å²) < 4.78 is 17.1. The summed E-state index contributed by atoms with van der Waals surface area (Å²) in [5, 5.41) is 7.10. The van der Waals surface area contributed by atoms with E-state index in [-0.39, 0.29) is 76.2 Å².